The van der Waals surface area contributed by atoms with Crippen LogP contribution in [-0.2, 0) is 9.59 Å². The molecule has 0 bridgehead atoms. The molecule has 2 unspecified atom stereocenters. The van der Waals surface area contributed by atoms with Gasteiger partial charge < -0.3 is 21.3 Å². The molecule has 3 aromatic carbocycles. The maximum absolute atomic E-state index is 13.4. The molecule has 1 fully saturated rings. The number of amides is 2. The summed E-state index contributed by atoms with van der Waals surface area (Å²) in [4.78, 5) is 28.1. The average molecular weight is 562 g/mol. The number of nitrogens with zero attached hydrogens (tertiary/aromatic N) is 1. The molecular formula is C30H33BrN4O2. The number of benzene rings is 3. The molecule has 4 rings (SSSR count). The molecule has 3 aromatic rings. The Morgan fingerprint density at radius 1 is 1.05 bits per heavy atom. The van der Waals surface area contributed by atoms with E-state index in [2.05, 4.69) is 38.5 Å². The lowest BCUT2D eigenvalue weighted by Gasteiger charge is -2.23. The Bertz CT molecular complexity index is 1240. The molecule has 1 aliphatic rings. The van der Waals surface area contributed by atoms with Crippen molar-refractivity contribution in [2.45, 2.75) is 37.6 Å². The van der Waals surface area contributed by atoms with Crippen molar-refractivity contribution >= 4 is 50.9 Å². The number of hydrogen-bond donors (Lipinski definition) is 3. The van der Waals surface area contributed by atoms with Crippen LogP contribution in [0.15, 0.2) is 83.3 Å². The third-order valence-electron chi connectivity index (χ3n) is 6.87. The smallest absolute Gasteiger partial charge is 0.248 e. The highest BCUT2D eigenvalue weighted by Gasteiger charge is 2.26. The summed E-state index contributed by atoms with van der Waals surface area (Å²) in [6.45, 7) is 1.12. The summed E-state index contributed by atoms with van der Waals surface area (Å²) in [6, 6.07) is 23.1. The number of halogens is 1. The van der Waals surface area contributed by atoms with Gasteiger partial charge in [0.05, 0.1) is 17.3 Å². The highest BCUT2D eigenvalue weighted by atomic mass is 79.9. The molecule has 1 aliphatic heterocycles. The first-order valence-electron chi connectivity index (χ1n) is 12.6. The minimum Gasteiger partial charge on any atom is -0.397 e. The predicted octanol–water partition coefficient (Wildman–Crippen LogP) is 6.28. The molecule has 0 spiro atoms. The van der Waals surface area contributed by atoms with Gasteiger partial charge in [-0.15, -0.1) is 0 Å². The molecule has 192 valence electrons. The lowest BCUT2D eigenvalue weighted by Crippen LogP contribution is -2.27. The Hall–Kier alpha value is -3.42. The maximum Gasteiger partial charge on any atom is 0.248 e. The van der Waals surface area contributed by atoms with Crippen LogP contribution in [0.3, 0.4) is 0 Å². The zero-order valence-corrected chi connectivity index (χ0v) is 22.6. The molecule has 2 atom stereocenters. The lowest BCUT2D eigenvalue weighted by atomic mass is 9.90. The Morgan fingerprint density at radius 3 is 2.46 bits per heavy atom. The number of para-hydroxylation sites is 2. The van der Waals surface area contributed by atoms with E-state index >= 15 is 0 Å². The molecule has 0 saturated carbocycles. The van der Waals surface area contributed by atoms with Gasteiger partial charge in [-0.1, -0.05) is 52.3 Å². The Morgan fingerprint density at radius 2 is 1.78 bits per heavy atom. The fourth-order valence-electron chi connectivity index (χ4n) is 4.71. The van der Waals surface area contributed by atoms with E-state index in [-0.39, 0.29) is 17.7 Å². The first kappa shape index (κ1) is 26.6. The third-order valence-corrected chi connectivity index (χ3v) is 7.40. The van der Waals surface area contributed by atoms with E-state index in [4.69, 9.17) is 5.73 Å². The average Bonchev–Trinajstić information content (AvgIpc) is 3.31. The van der Waals surface area contributed by atoms with Crippen LogP contribution in [0.2, 0.25) is 0 Å². The van der Waals surface area contributed by atoms with E-state index in [9.17, 15) is 9.59 Å². The third kappa shape index (κ3) is 7.54. The van der Waals surface area contributed by atoms with Gasteiger partial charge in [0.15, 0.2) is 0 Å². The first-order valence-corrected chi connectivity index (χ1v) is 13.4. The number of likely N-dealkylation sites (tertiary alicyclic amines) is 1. The normalized spacial score (nSPS) is 16.5. The van der Waals surface area contributed by atoms with E-state index in [0.29, 0.717) is 17.4 Å². The van der Waals surface area contributed by atoms with Crippen LogP contribution in [-0.4, -0.2) is 36.3 Å². The number of anilines is 3. The number of hydrogen-bond acceptors (Lipinski definition) is 4. The quantitative estimate of drug-likeness (QED) is 0.212. The minimum absolute atomic E-state index is 0.00825. The van der Waals surface area contributed by atoms with Gasteiger partial charge in [-0.05, 0) is 92.9 Å². The fourth-order valence-corrected chi connectivity index (χ4v) is 4.98. The summed E-state index contributed by atoms with van der Waals surface area (Å²) >= 11 is 3.44. The van der Waals surface area contributed by atoms with Crippen LogP contribution in [0.5, 0.6) is 0 Å². The summed E-state index contributed by atoms with van der Waals surface area (Å²) in [5.74, 6) is -0.527. The van der Waals surface area contributed by atoms with Gasteiger partial charge >= 0.3 is 0 Å². The van der Waals surface area contributed by atoms with Crippen molar-refractivity contribution in [3.8, 4) is 0 Å². The summed E-state index contributed by atoms with van der Waals surface area (Å²) in [5.41, 5.74) is 9.62. The van der Waals surface area contributed by atoms with Gasteiger partial charge in [0.2, 0.25) is 11.8 Å². The maximum atomic E-state index is 13.4. The topological polar surface area (TPSA) is 87.5 Å². The van der Waals surface area contributed by atoms with Crippen LogP contribution in [0.1, 0.15) is 42.7 Å². The van der Waals surface area contributed by atoms with Crippen molar-refractivity contribution in [1.29, 1.82) is 0 Å². The molecule has 4 N–H and O–H groups in total. The summed E-state index contributed by atoms with van der Waals surface area (Å²) in [5, 5.41) is 5.87. The van der Waals surface area contributed by atoms with Crippen LogP contribution in [0.25, 0.3) is 6.08 Å². The van der Waals surface area contributed by atoms with Gasteiger partial charge in [0, 0.05) is 22.3 Å². The van der Waals surface area contributed by atoms with E-state index in [1.807, 2.05) is 60.7 Å². The zero-order chi connectivity index (χ0) is 26.2. The zero-order valence-electron chi connectivity index (χ0n) is 21.0. The highest BCUT2D eigenvalue weighted by molar-refractivity contribution is 9.10. The second-order valence-electron chi connectivity index (χ2n) is 9.48. The number of nitrogens with two attached hydrogens (primary N) is 1. The Labute approximate surface area is 227 Å². The van der Waals surface area contributed by atoms with Crippen molar-refractivity contribution in [2.24, 2.45) is 0 Å². The molecule has 2 amide bonds. The molecular weight excluding hydrogens is 528 g/mol. The van der Waals surface area contributed by atoms with Gasteiger partial charge in [0.25, 0.3) is 0 Å². The van der Waals surface area contributed by atoms with E-state index in [0.717, 1.165) is 40.7 Å². The van der Waals surface area contributed by atoms with Crippen LogP contribution < -0.4 is 16.4 Å². The van der Waals surface area contributed by atoms with Gasteiger partial charge in [0.1, 0.15) is 0 Å². The standard InChI is InChI=1S/C30H33BrN4O2/c1-35-20-4-5-25(35)17-18-26(30(37)33-24-15-13-23(31)14-16-24)22-11-8-21(9-12-22)10-19-29(36)34-28-7-3-2-6-27(28)32/h2-3,6-16,19,25-26H,4-5,17-18,20,32H2,1H3,(H,33,37)(H,34,36)/b19-10+. The molecule has 0 aliphatic carbocycles. The fraction of sp³-hybridized carbons (Fsp3) is 0.267. The lowest BCUT2D eigenvalue weighted by molar-refractivity contribution is -0.117. The molecule has 0 aromatic heterocycles. The van der Waals surface area contributed by atoms with Gasteiger partial charge in [-0.3, -0.25) is 9.59 Å². The molecule has 1 heterocycles. The molecule has 37 heavy (non-hydrogen) atoms. The van der Waals surface area contributed by atoms with Crippen LogP contribution in [0.4, 0.5) is 17.1 Å². The molecule has 7 heteroatoms. The first-order chi connectivity index (χ1) is 17.9. The van der Waals surface area contributed by atoms with Crippen molar-refractivity contribution < 1.29 is 9.59 Å². The monoisotopic (exact) mass is 560 g/mol. The van der Waals surface area contributed by atoms with Gasteiger partial charge in [-0.25, -0.2) is 0 Å². The molecule has 0 radical (unpaired) electrons. The van der Waals surface area contributed by atoms with Crippen molar-refractivity contribution in [1.82, 2.24) is 4.90 Å². The van der Waals surface area contributed by atoms with Crippen molar-refractivity contribution in [2.75, 3.05) is 30.0 Å². The van der Waals surface area contributed by atoms with E-state index in [1.54, 1.807) is 18.2 Å². The van der Waals surface area contributed by atoms with Crippen molar-refractivity contribution in [3.63, 3.8) is 0 Å². The predicted molar refractivity (Wildman–Crippen MR) is 155 cm³/mol. The summed E-state index contributed by atoms with van der Waals surface area (Å²) in [6.07, 6.45) is 7.37. The van der Waals surface area contributed by atoms with Crippen LogP contribution >= 0.6 is 15.9 Å². The number of nitrogens with one attached hydrogen (secondary N) is 2. The largest absolute Gasteiger partial charge is 0.397 e. The van der Waals surface area contributed by atoms with Crippen LogP contribution in [0, 0.1) is 0 Å². The summed E-state index contributed by atoms with van der Waals surface area (Å²) < 4.78 is 0.968. The van der Waals surface area contributed by atoms with Gasteiger partial charge in [-0.2, -0.15) is 0 Å². The molecule has 6 nitrogen and oxygen atoms in total. The Kier molecular flexibility index (Phi) is 9.14. The highest BCUT2D eigenvalue weighted by Crippen LogP contribution is 2.29. The minimum atomic E-state index is -0.264. The number of carbonyl (C=O) groups is 2. The molecule has 1 saturated heterocycles. The number of carbonyl (C=O) groups excluding carboxylic acids is 2. The van der Waals surface area contributed by atoms with Crippen molar-refractivity contribution in [3.05, 3.63) is 94.5 Å². The SMILES string of the molecule is CN1CCCC1CCC(C(=O)Nc1ccc(Br)cc1)c1ccc(/C=C/C(=O)Nc2ccccc2N)cc1. The van der Waals surface area contributed by atoms with E-state index < -0.39 is 0 Å². The second kappa shape index (κ2) is 12.7. The Balaban J connectivity index is 1.44. The number of nitrogen functional groups attached to an aromatic ring is 1. The number of rotatable bonds is 9. The van der Waals surface area contributed by atoms with E-state index in [1.165, 1.54) is 18.9 Å². The summed E-state index contributed by atoms with van der Waals surface area (Å²) in [7, 11) is 2.16. The second-order valence-corrected chi connectivity index (χ2v) is 10.4.